The fourth-order valence-electron chi connectivity index (χ4n) is 3.71. The van der Waals surface area contributed by atoms with E-state index in [1.165, 1.54) is 12.1 Å². The van der Waals surface area contributed by atoms with Gasteiger partial charge in [-0.15, -0.1) is 0 Å². The summed E-state index contributed by atoms with van der Waals surface area (Å²) in [5.41, 5.74) is 0.482. The van der Waals surface area contributed by atoms with Crippen LogP contribution in [-0.2, 0) is 0 Å². The number of nitrogens with zero attached hydrogens (tertiary/aromatic N) is 5. The summed E-state index contributed by atoms with van der Waals surface area (Å²) in [6.07, 6.45) is 0. The first-order chi connectivity index (χ1) is 12.7. The fraction of sp³-hybridized carbons (Fsp3) is 0.556. The first kappa shape index (κ1) is 17.1. The summed E-state index contributed by atoms with van der Waals surface area (Å²) in [5.74, 6) is 0.469. The van der Waals surface area contributed by atoms with Crippen LogP contribution in [0.15, 0.2) is 22.7 Å². The highest BCUT2D eigenvalue weighted by Gasteiger charge is 2.28. The number of urea groups is 1. The molecule has 26 heavy (non-hydrogen) atoms. The number of anilines is 1. The number of amides is 2. The van der Waals surface area contributed by atoms with Crippen molar-refractivity contribution in [1.29, 1.82) is 0 Å². The van der Waals surface area contributed by atoms with Gasteiger partial charge in [0.1, 0.15) is 5.82 Å². The van der Waals surface area contributed by atoms with Crippen molar-refractivity contribution in [3.8, 4) is 0 Å². The highest BCUT2D eigenvalue weighted by molar-refractivity contribution is 5.88. The number of carbonyl (C=O) groups excluding carboxylic acids is 1. The Morgan fingerprint density at radius 1 is 1.08 bits per heavy atom. The Morgan fingerprint density at radius 2 is 1.85 bits per heavy atom. The quantitative estimate of drug-likeness (QED) is 0.814. The molecule has 2 fully saturated rings. The van der Waals surface area contributed by atoms with E-state index in [1.54, 1.807) is 6.07 Å². The molecule has 0 atom stereocenters. The smallest absolute Gasteiger partial charge is 0.320 e. The fourth-order valence-corrected chi connectivity index (χ4v) is 3.71. The van der Waals surface area contributed by atoms with Crippen molar-refractivity contribution in [2.24, 2.45) is 0 Å². The van der Waals surface area contributed by atoms with Crippen LogP contribution in [0, 0.1) is 5.82 Å². The van der Waals surface area contributed by atoms with Crippen LogP contribution in [0.25, 0.3) is 11.0 Å². The highest BCUT2D eigenvalue weighted by atomic mass is 19.1. The van der Waals surface area contributed by atoms with E-state index < -0.39 is 0 Å². The predicted molar refractivity (Wildman–Crippen MR) is 96.8 cm³/mol. The van der Waals surface area contributed by atoms with Gasteiger partial charge in [-0.3, -0.25) is 4.90 Å². The summed E-state index contributed by atoms with van der Waals surface area (Å²) in [7, 11) is 0. The first-order valence-corrected chi connectivity index (χ1v) is 9.22. The average Bonchev–Trinajstić information content (AvgIpc) is 3.23. The topological polar surface area (TPSA) is 56.1 Å². The lowest BCUT2D eigenvalue weighted by atomic mass is 10.2. The number of hydrogen-bond donors (Lipinski definition) is 0. The van der Waals surface area contributed by atoms with Crippen LogP contribution in [0.3, 0.4) is 0 Å². The largest absolute Gasteiger partial charge is 0.354 e. The van der Waals surface area contributed by atoms with E-state index in [1.807, 2.05) is 16.7 Å². The molecule has 0 aliphatic carbocycles. The van der Waals surface area contributed by atoms with Crippen LogP contribution in [0.5, 0.6) is 0 Å². The molecule has 2 aliphatic heterocycles. The van der Waals surface area contributed by atoms with Gasteiger partial charge in [0, 0.05) is 65.0 Å². The Labute approximate surface area is 151 Å². The first-order valence-electron chi connectivity index (χ1n) is 9.22. The van der Waals surface area contributed by atoms with Crippen LogP contribution in [-0.4, -0.2) is 84.8 Å². The van der Waals surface area contributed by atoms with Crippen molar-refractivity contribution in [3.63, 3.8) is 0 Å². The van der Waals surface area contributed by atoms with E-state index in [0.29, 0.717) is 5.58 Å². The van der Waals surface area contributed by atoms with Crippen LogP contribution < -0.4 is 4.90 Å². The molecule has 2 saturated heterocycles. The minimum absolute atomic E-state index is 0.160. The molecule has 1 aromatic heterocycles. The van der Waals surface area contributed by atoms with E-state index in [4.69, 9.17) is 4.52 Å². The van der Waals surface area contributed by atoms with Gasteiger partial charge in [0.2, 0.25) is 0 Å². The van der Waals surface area contributed by atoms with Gasteiger partial charge in [-0.25, -0.2) is 9.18 Å². The number of aromatic nitrogens is 1. The minimum Gasteiger partial charge on any atom is -0.354 e. The molecular weight excluding hydrogens is 337 g/mol. The Bertz CT molecular complexity index is 787. The number of fused-ring (bicyclic) bond motifs is 1. The van der Waals surface area contributed by atoms with Gasteiger partial charge >= 0.3 is 6.03 Å². The molecule has 1 aromatic carbocycles. The second-order valence-corrected chi connectivity index (χ2v) is 6.82. The molecule has 0 bridgehead atoms. The second-order valence-electron chi connectivity index (χ2n) is 6.82. The maximum absolute atomic E-state index is 13.3. The summed E-state index contributed by atoms with van der Waals surface area (Å²) < 4.78 is 18.6. The van der Waals surface area contributed by atoms with Gasteiger partial charge in [0.05, 0.1) is 5.39 Å². The predicted octanol–water partition coefficient (Wildman–Crippen LogP) is 1.85. The van der Waals surface area contributed by atoms with Crippen LogP contribution in [0.2, 0.25) is 0 Å². The van der Waals surface area contributed by atoms with Crippen molar-refractivity contribution in [3.05, 3.63) is 24.0 Å². The standard InChI is InChI=1S/C18H24FN5O2/c1-2-22-11-12-24(18(22)25)10-7-21-5-8-23(9-6-21)17-15-4-3-14(19)13-16(15)26-20-17/h3-4,13H,2,5-12H2,1H3. The zero-order valence-electron chi connectivity index (χ0n) is 15.0. The lowest BCUT2D eigenvalue weighted by Crippen LogP contribution is -2.49. The number of rotatable bonds is 5. The Morgan fingerprint density at radius 3 is 2.58 bits per heavy atom. The molecule has 2 amide bonds. The van der Waals surface area contributed by atoms with Gasteiger partial charge in [-0.2, -0.15) is 0 Å². The van der Waals surface area contributed by atoms with E-state index in [-0.39, 0.29) is 11.8 Å². The zero-order valence-corrected chi connectivity index (χ0v) is 15.0. The molecule has 2 aromatic rings. The van der Waals surface area contributed by atoms with E-state index in [2.05, 4.69) is 15.0 Å². The van der Waals surface area contributed by atoms with Crippen molar-refractivity contribution in [2.75, 3.05) is 63.8 Å². The molecule has 140 valence electrons. The highest BCUT2D eigenvalue weighted by Crippen LogP contribution is 2.27. The third-order valence-electron chi connectivity index (χ3n) is 5.34. The number of carbonyl (C=O) groups is 1. The molecule has 0 radical (unpaired) electrons. The van der Waals surface area contributed by atoms with Crippen LogP contribution >= 0.6 is 0 Å². The molecule has 0 saturated carbocycles. The Balaban J connectivity index is 1.31. The minimum atomic E-state index is -0.317. The third-order valence-corrected chi connectivity index (χ3v) is 5.34. The van der Waals surface area contributed by atoms with Crippen LogP contribution in [0.1, 0.15) is 6.92 Å². The van der Waals surface area contributed by atoms with Gasteiger partial charge in [-0.05, 0) is 19.1 Å². The number of hydrogen-bond acceptors (Lipinski definition) is 5. The van der Waals surface area contributed by atoms with E-state index in [9.17, 15) is 9.18 Å². The second kappa shape index (κ2) is 7.11. The molecule has 8 heteroatoms. The van der Waals surface area contributed by atoms with Crippen LogP contribution in [0.4, 0.5) is 15.0 Å². The van der Waals surface area contributed by atoms with Gasteiger partial charge < -0.3 is 19.2 Å². The number of likely N-dealkylation sites (N-methyl/N-ethyl adjacent to an activating group) is 1. The maximum atomic E-state index is 13.3. The molecule has 7 nitrogen and oxygen atoms in total. The lowest BCUT2D eigenvalue weighted by Gasteiger charge is -2.35. The SMILES string of the molecule is CCN1CCN(CCN2CCN(c3noc4cc(F)ccc34)CC2)C1=O. The number of benzene rings is 1. The van der Waals surface area contributed by atoms with E-state index >= 15 is 0 Å². The Hall–Kier alpha value is -2.35. The van der Waals surface area contributed by atoms with Gasteiger partial charge in [0.15, 0.2) is 11.4 Å². The molecule has 3 heterocycles. The number of halogens is 1. The zero-order chi connectivity index (χ0) is 18.1. The summed E-state index contributed by atoms with van der Waals surface area (Å²) in [6.45, 7) is 9.64. The molecule has 0 unspecified atom stereocenters. The van der Waals surface area contributed by atoms with E-state index in [0.717, 1.165) is 70.1 Å². The summed E-state index contributed by atoms with van der Waals surface area (Å²) >= 11 is 0. The van der Waals surface area contributed by atoms with Crippen molar-refractivity contribution >= 4 is 22.8 Å². The third kappa shape index (κ3) is 3.21. The average molecular weight is 361 g/mol. The lowest BCUT2D eigenvalue weighted by molar-refractivity contribution is 0.181. The summed E-state index contributed by atoms with van der Waals surface area (Å²) in [5, 5.41) is 4.98. The summed E-state index contributed by atoms with van der Waals surface area (Å²) in [4.78, 5) is 20.5. The normalized spacial score (nSPS) is 19.2. The Kier molecular flexibility index (Phi) is 4.67. The van der Waals surface area contributed by atoms with Crippen molar-refractivity contribution in [2.45, 2.75) is 6.92 Å². The maximum Gasteiger partial charge on any atom is 0.320 e. The molecular formula is C18H24FN5O2. The monoisotopic (exact) mass is 361 g/mol. The van der Waals surface area contributed by atoms with Gasteiger partial charge in [-0.1, -0.05) is 5.16 Å². The molecule has 4 rings (SSSR count). The molecule has 2 aliphatic rings. The number of piperazine rings is 1. The van der Waals surface area contributed by atoms with Gasteiger partial charge in [0.25, 0.3) is 0 Å². The van der Waals surface area contributed by atoms with Crippen molar-refractivity contribution in [1.82, 2.24) is 19.9 Å². The molecule has 0 N–H and O–H groups in total. The molecule has 0 spiro atoms. The van der Waals surface area contributed by atoms with Crippen molar-refractivity contribution < 1.29 is 13.7 Å². The summed E-state index contributed by atoms with van der Waals surface area (Å²) in [6, 6.07) is 4.69.